The molecule has 0 N–H and O–H groups in total. The van der Waals surface area contributed by atoms with Gasteiger partial charge in [0.15, 0.2) is 0 Å². The second-order valence-electron chi connectivity index (χ2n) is 7.19. The highest BCUT2D eigenvalue weighted by molar-refractivity contribution is 7.89. The molecule has 0 bridgehead atoms. The number of sulfonamides is 1. The highest BCUT2D eigenvalue weighted by Gasteiger charge is 2.29. The van der Waals surface area contributed by atoms with Crippen LogP contribution in [-0.4, -0.2) is 18.8 Å². The van der Waals surface area contributed by atoms with E-state index >= 15 is 0 Å². The standard InChI is InChI=1S/C24H23ClN2O2S/c1-19(7-8-20-5-3-2-4-6-20)27(18-22-11-9-21(17-26)10-12-22)30(28,29)24-15-13-23(25)14-16-24/h2-6,9-16,19H,7-8,18H2,1H3. The summed E-state index contributed by atoms with van der Waals surface area (Å²) < 4.78 is 28.4. The molecule has 30 heavy (non-hydrogen) atoms. The molecule has 0 aliphatic heterocycles. The third kappa shape index (κ3) is 5.48. The van der Waals surface area contributed by atoms with Crippen LogP contribution in [0, 0.1) is 11.3 Å². The smallest absolute Gasteiger partial charge is 0.207 e. The van der Waals surface area contributed by atoms with Crippen molar-refractivity contribution < 1.29 is 8.42 Å². The molecule has 0 saturated heterocycles. The number of halogens is 1. The van der Waals surface area contributed by atoms with Crippen molar-refractivity contribution in [1.82, 2.24) is 4.31 Å². The van der Waals surface area contributed by atoms with Crippen LogP contribution in [0.5, 0.6) is 0 Å². The lowest BCUT2D eigenvalue weighted by atomic mass is 10.1. The number of rotatable bonds is 8. The lowest BCUT2D eigenvalue weighted by molar-refractivity contribution is 0.315. The zero-order chi connectivity index (χ0) is 21.6. The second-order valence-corrected chi connectivity index (χ2v) is 9.51. The summed E-state index contributed by atoms with van der Waals surface area (Å²) in [6, 6.07) is 25.1. The quantitative estimate of drug-likeness (QED) is 0.471. The Balaban J connectivity index is 1.88. The lowest BCUT2D eigenvalue weighted by Crippen LogP contribution is -2.38. The number of hydrogen-bond acceptors (Lipinski definition) is 3. The Kier molecular flexibility index (Phi) is 7.28. The Hall–Kier alpha value is -2.65. The summed E-state index contributed by atoms with van der Waals surface area (Å²) in [5, 5.41) is 9.50. The fraction of sp³-hybridized carbons (Fsp3) is 0.208. The molecule has 0 aliphatic carbocycles. The SMILES string of the molecule is CC(CCc1ccccc1)N(Cc1ccc(C#N)cc1)S(=O)(=O)c1ccc(Cl)cc1. The molecule has 4 nitrogen and oxygen atoms in total. The van der Waals surface area contributed by atoms with E-state index < -0.39 is 10.0 Å². The van der Waals surface area contributed by atoms with E-state index in [1.54, 1.807) is 36.4 Å². The summed E-state index contributed by atoms with van der Waals surface area (Å²) in [5.74, 6) is 0. The minimum absolute atomic E-state index is 0.215. The monoisotopic (exact) mass is 438 g/mol. The van der Waals surface area contributed by atoms with Crippen molar-refractivity contribution in [3.63, 3.8) is 0 Å². The molecule has 0 aromatic heterocycles. The van der Waals surface area contributed by atoms with Crippen LogP contribution >= 0.6 is 11.6 Å². The van der Waals surface area contributed by atoms with Crippen molar-refractivity contribution in [2.24, 2.45) is 0 Å². The van der Waals surface area contributed by atoms with E-state index in [1.807, 2.05) is 37.3 Å². The number of aryl methyl sites for hydroxylation is 1. The van der Waals surface area contributed by atoms with Crippen LogP contribution < -0.4 is 0 Å². The number of nitrogens with zero attached hydrogens (tertiary/aromatic N) is 2. The summed E-state index contributed by atoms with van der Waals surface area (Å²) in [4.78, 5) is 0.215. The lowest BCUT2D eigenvalue weighted by Gasteiger charge is -2.29. The van der Waals surface area contributed by atoms with Crippen LogP contribution in [0.2, 0.25) is 5.02 Å². The summed E-state index contributed by atoms with van der Waals surface area (Å²) in [7, 11) is -3.73. The van der Waals surface area contributed by atoms with Crippen molar-refractivity contribution in [3.8, 4) is 6.07 Å². The van der Waals surface area contributed by atoms with Gasteiger partial charge in [-0.25, -0.2) is 8.42 Å². The van der Waals surface area contributed by atoms with E-state index in [9.17, 15) is 8.42 Å². The van der Waals surface area contributed by atoms with E-state index in [0.717, 1.165) is 12.0 Å². The van der Waals surface area contributed by atoms with Gasteiger partial charge in [0, 0.05) is 17.6 Å². The Morgan fingerprint density at radius 2 is 1.57 bits per heavy atom. The number of nitriles is 1. The van der Waals surface area contributed by atoms with E-state index in [-0.39, 0.29) is 17.5 Å². The normalized spacial score (nSPS) is 12.5. The minimum Gasteiger partial charge on any atom is -0.207 e. The molecule has 154 valence electrons. The Morgan fingerprint density at radius 1 is 0.933 bits per heavy atom. The highest BCUT2D eigenvalue weighted by atomic mass is 35.5. The molecule has 1 atom stereocenters. The second kappa shape index (κ2) is 9.90. The van der Waals surface area contributed by atoms with Gasteiger partial charge in [-0.05, 0) is 67.3 Å². The molecule has 0 amide bonds. The number of hydrogen-bond donors (Lipinski definition) is 0. The van der Waals surface area contributed by atoms with Gasteiger partial charge in [0.2, 0.25) is 10.0 Å². The van der Waals surface area contributed by atoms with Gasteiger partial charge in [0.25, 0.3) is 0 Å². The van der Waals surface area contributed by atoms with Gasteiger partial charge in [-0.3, -0.25) is 0 Å². The molecule has 3 aromatic rings. The van der Waals surface area contributed by atoms with Crippen LogP contribution in [0.25, 0.3) is 0 Å². The van der Waals surface area contributed by atoms with E-state index in [4.69, 9.17) is 16.9 Å². The molecule has 0 spiro atoms. The Morgan fingerprint density at radius 3 is 2.17 bits per heavy atom. The minimum atomic E-state index is -3.73. The van der Waals surface area contributed by atoms with Crippen LogP contribution in [0.4, 0.5) is 0 Å². The summed E-state index contributed by atoms with van der Waals surface area (Å²) in [6.07, 6.45) is 1.47. The molecule has 0 aliphatic rings. The zero-order valence-corrected chi connectivity index (χ0v) is 18.3. The first-order valence-corrected chi connectivity index (χ1v) is 11.5. The first-order chi connectivity index (χ1) is 14.4. The predicted molar refractivity (Wildman–Crippen MR) is 120 cm³/mol. The van der Waals surface area contributed by atoms with E-state index in [2.05, 4.69) is 6.07 Å². The molecule has 3 rings (SSSR count). The summed E-state index contributed by atoms with van der Waals surface area (Å²) >= 11 is 5.94. The molecular formula is C24H23ClN2O2S. The van der Waals surface area contributed by atoms with Gasteiger partial charge in [0.05, 0.1) is 16.5 Å². The fourth-order valence-electron chi connectivity index (χ4n) is 3.25. The first kappa shape index (κ1) is 22.0. The van der Waals surface area contributed by atoms with Gasteiger partial charge in [0.1, 0.15) is 0 Å². The van der Waals surface area contributed by atoms with Gasteiger partial charge >= 0.3 is 0 Å². The van der Waals surface area contributed by atoms with Gasteiger partial charge in [-0.2, -0.15) is 9.57 Å². The van der Waals surface area contributed by atoms with Crippen molar-refractivity contribution in [1.29, 1.82) is 5.26 Å². The van der Waals surface area contributed by atoms with E-state index in [0.29, 0.717) is 17.0 Å². The first-order valence-electron chi connectivity index (χ1n) is 9.70. The van der Waals surface area contributed by atoms with E-state index in [1.165, 1.54) is 22.0 Å². The van der Waals surface area contributed by atoms with Crippen LogP contribution in [0.3, 0.4) is 0 Å². The molecule has 1 unspecified atom stereocenters. The van der Waals surface area contributed by atoms with Crippen LogP contribution in [0.15, 0.2) is 83.8 Å². The average molecular weight is 439 g/mol. The van der Waals surface area contributed by atoms with Crippen molar-refractivity contribution in [2.75, 3.05) is 0 Å². The van der Waals surface area contributed by atoms with Gasteiger partial charge in [-0.1, -0.05) is 54.1 Å². The van der Waals surface area contributed by atoms with Crippen LogP contribution in [-0.2, 0) is 23.0 Å². The van der Waals surface area contributed by atoms with Crippen LogP contribution in [0.1, 0.15) is 30.0 Å². The molecule has 0 saturated carbocycles. The van der Waals surface area contributed by atoms with Crippen molar-refractivity contribution in [3.05, 3.63) is 101 Å². The molecule has 6 heteroatoms. The van der Waals surface area contributed by atoms with Crippen molar-refractivity contribution in [2.45, 2.75) is 37.2 Å². The maximum absolute atomic E-state index is 13.5. The third-order valence-electron chi connectivity index (χ3n) is 5.03. The molecule has 0 heterocycles. The number of benzene rings is 3. The molecular weight excluding hydrogens is 416 g/mol. The summed E-state index contributed by atoms with van der Waals surface area (Å²) in [6.45, 7) is 2.16. The predicted octanol–water partition coefficient (Wildman–Crippen LogP) is 5.42. The topological polar surface area (TPSA) is 61.2 Å². The maximum Gasteiger partial charge on any atom is 0.243 e. The fourth-order valence-corrected chi connectivity index (χ4v) is 5.02. The molecule has 0 radical (unpaired) electrons. The average Bonchev–Trinajstić information content (AvgIpc) is 2.77. The summed E-state index contributed by atoms with van der Waals surface area (Å²) in [5.41, 5.74) is 2.55. The van der Waals surface area contributed by atoms with Gasteiger partial charge in [-0.15, -0.1) is 0 Å². The van der Waals surface area contributed by atoms with Gasteiger partial charge < -0.3 is 0 Å². The molecule has 3 aromatic carbocycles. The molecule has 0 fully saturated rings. The zero-order valence-electron chi connectivity index (χ0n) is 16.7. The largest absolute Gasteiger partial charge is 0.243 e. The Bertz CT molecular complexity index is 1110. The van der Waals surface area contributed by atoms with Crippen molar-refractivity contribution >= 4 is 21.6 Å². The Labute approximate surface area is 183 Å². The third-order valence-corrected chi connectivity index (χ3v) is 7.25. The maximum atomic E-state index is 13.5. The highest BCUT2D eigenvalue weighted by Crippen LogP contribution is 2.25.